The second-order valence-electron chi connectivity index (χ2n) is 7.43. The van der Waals surface area contributed by atoms with Crippen molar-refractivity contribution < 1.29 is 9.53 Å². The third-order valence-corrected chi connectivity index (χ3v) is 5.28. The summed E-state index contributed by atoms with van der Waals surface area (Å²) in [6, 6.07) is 20.8. The molecule has 0 atom stereocenters. The molecule has 4 aromatic rings. The van der Waals surface area contributed by atoms with Crippen LogP contribution in [-0.2, 0) is 6.42 Å². The monoisotopic (exact) mass is 428 g/mol. The molecule has 162 valence electrons. The maximum Gasteiger partial charge on any atom is 0.348 e. The van der Waals surface area contributed by atoms with Crippen LogP contribution in [0.15, 0.2) is 71.5 Å². The Balaban J connectivity index is 1.92. The first-order valence-electron chi connectivity index (χ1n) is 10.4. The van der Waals surface area contributed by atoms with Crippen molar-refractivity contribution in [1.29, 1.82) is 0 Å². The van der Waals surface area contributed by atoms with Crippen LogP contribution >= 0.6 is 0 Å². The van der Waals surface area contributed by atoms with Crippen LogP contribution in [0.5, 0.6) is 5.75 Å². The molecule has 0 saturated heterocycles. The number of aryl methyl sites for hydroxylation is 1. The second kappa shape index (κ2) is 8.93. The number of amides is 1. The zero-order chi connectivity index (χ0) is 22.7. The minimum atomic E-state index is -0.570. The maximum absolute atomic E-state index is 12.6. The molecule has 0 aliphatic carbocycles. The van der Waals surface area contributed by atoms with Gasteiger partial charge in [-0.3, -0.25) is 4.79 Å². The number of nitrogens with zero attached hydrogens (tertiary/aromatic N) is 2. The second-order valence-corrected chi connectivity index (χ2v) is 7.43. The van der Waals surface area contributed by atoms with Crippen LogP contribution in [0.1, 0.15) is 34.0 Å². The van der Waals surface area contributed by atoms with Crippen LogP contribution in [0.3, 0.4) is 0 Å². The lowest BCUT2D eigenvalue weighted by Gasteiger charge is -2.16. The summed E-state index contributed by atoms with van der Waals surface area (Å²) in [4.78, 5) is 25.1. The molecule has 1 aromatic heterocycles. The van der Waals surface area contributed by atoms with Gasteiger partial charge in [-0.05, 0) is 43.2 Å². The molecule has 3 N–H and O–H groups in total. The van der Waals surface area contributed by atoms with Crippen molar-refractivity contribution in [2.24, 2.45) is 5.73 Å². The van der Waals surface area contributed by atoms with E-state index in [4.69, 9.17) is 10.5 Å². The molecule has 3 aromatic carbocycles. The average Bonchev–Trinajstić information content (AvgIpc) is 3.17. The molecule has 0 aliphatic rings. The van der Waals surface area contributed by atoms with E-state index in [1.807, 2.05) is 68.4 Å². The number of ether oxygens (including phenoxy) is 1. The van der Waals surface area contributed by atoms with Crippen LogP contribution < -0.4 is 16.2 Å². The Bertz CT molecular complexity index is 1320. The number of aromatic nitrogens is 3. The number of benzene rings is 3. The summed E-state index contributed by atoms with van der Waals surface area (Å²) in [5, 5.41) is 6.75. The first-order chi connectivity index (χ1) is 15.5. The molecular formula is C25H24N4O3. The van der Waals surface area contributed by atoms with Crippen LogP contribution in [0.4, 0.5) is 0 Å². The van der Waals surface area contributed by atoms with Gasteiger partial charge < -0.3 is 10.5 Å². The third-order valence-electron chi connectivity index (χ3n) is 5.28. The van der Waals surface area contributed by atoms with Gasteiger partial charge in [0.2, 0.25) is 5.91 Å². The number of nitrogens with two attached hydrogens (primary N) is 1. The van der Waals surface area contributed by atoms with Gasteiger partial charge in [0, 0.05) is 23.1 Å². The largest absolute Gasteiger partial charge is 0.494 e. The molecule has 4 rings (SSSR count). The maximum atomic E-state index is 12.6. The fraction of sp³-hybridized carbons (Fsp3) is 0.160. The highest BCUT2D eigenvalue weighted by Crippen LogP contribution is 2.32. The van der Waals surface area contributed by atoms with Gasteiger partial charge in [0.05, 0.1) is 12.3 Å². The van der Waals surface area contributed by atoms with Crippen LogP contribution in [0.25, 0.3) is 17.1 Å². The van der Waals surface area contributed by atoms with Crippen LogP contribution in [0.2, 0.25) is 0 Å². The number of nitrogens with one attached hydrogen (secondary N) is 1. The molecule has 0 bridgehead atoms. The number of para-hydroxylation sites is 1. The van der Waals surface area contributed by atoms with Gasteiger partial charge in [-0.15, -0.1) is 0 Å². The molecule has 7 heteroatoms. The number of primary amides is 1. The first-order valence-corrected chi connectivity index (χ1v) is 10.4. The van der Waals surface area contributed by atoms with E-state index in [1.54, 1.807) is 12.1 Å². The molecule has 0 saturated carbocycles. The van der Waals surface area contributed by atoms with E-state index in [2.05, 4.69) is 10.2 Å². The van der Waals surface area contributed by atoms with Crippen molar-refractivity contribution in [3.63, 3.8) is 0 Å². The lowest BCUT2D eigenvalue weighted by molar-refractivity contribution is 0.0999. The smallest absolute Gasteiger partial charge is 0.348 e. The summed E-state index contributed by atoms with van der Waals surface area (Å²) in [6.45, 7) is 4.21. The van der Waals surface area contributed by atoms with Crippen LogP contribution in [0, 0.1) is 6.92 Å². The van der Waals surface area contributed by atoms with Gasteiger partial charge in [-0.1, -0.05) is 48.5 Å². The number of aromatic amines is 1. The van der Waals surface area contributed by atoms with E-state index < -0.39 is 5.91 Å². The molecule has 7 nitrogen and oxygen atoms in total. The number of hydrogen-bond donors (Lipinski definition) is 2. The zero-order valence-corrected chi connectivity index (χ0v) is 18.0. The van der Waals surface area contributed by atoms with E-state index in [0.717, 1.165) is 11.1 Å². The topological polar surface area (TPSA) is 103 Å². The summed E-state index contributed by atoms with van der Waals surface area (Å²) in [7, 11) is 0. The molecule has 0 aliphatic heterocycles. The minimum absolute atomic E-state index is 0.335. The Morgan fingerprint density at radius 1 is 1.09 bits per heavy atom. The average molecular weight is 428 g/mol. The highest BCUT2D eigenvalue weighted by Gasteiger charge is 2.21. The number of H-pyrrole nitrogens is 1. The normalized spacial score (nSPS) is 10.8. The van der Waals surface area contributed by atoms with Gasteiger partial charge in [0.15, 0.2) is 5.82 Å². The van der Waals surface area contributed by atoms with Crippen molar-refractivity contribution in [2.45, 2.75) is 20.3 Å². The van der Waals surface area contributed by atoms with Crippen LogP contribution in [-0.4, -0.2) is 27.3 Å². The van der Waals surface area contributed by atoms with Crippen molar-refractivity contribution in [1.82, 2.24) is 14.8 Å². The van der Waals surface area contributed by atoms with Gasteiger partial charge in [-0.25, -0.2) is 14.5 Å². The Kier molecular flexibility index (Phi) is 5.89. The summed E-state index contributed by atoms with van der Waals surface area (Å²) in [5.74, 6) is 0.340. The first kappa shape index (κ1) is 21.1. The molecule has 1 amide bonds. The lowest BCUT2D eigenvalue weighted by atomic mass is 9.95. The molecule has 0 fully saturated rings. The predicted molar refractivity (Wildman–Crippen MR) is 123 cm³/mol. The van der Waals surface area contributed by atoms with Crippen molar-refractivity contribution in [3.05, 3.63) is 99.5 Å². The van der Waals surface area contributed by atoms with Gasteiger partial charge in [-0.2, -0.15) is 5.10 Å². The van der Waals surface area contributed by atoms with Crippen molar-refractivity contribution in [3.8, 4) is 22.8 Å². The van der Waals surface area contributed by atoms with Gasteiger partial charge >= 0.3 is 5.69 Å². The number of rotatable bonds is 7. The number of carbonyl (C=O) groups excluding carboxylic acids is 1. The molecule has 0 radical (unpaired) electrons. The quantitative estimate of drug-likeness (QED) is 0.469. The Hall–Kier alpha value is -4.13. The Labute approximate surface area is 185 Å². The van der Waals surface area contributed by atoms with E-state index in [1.165, 1.54) is 4.57 Å². The highest BCUT2D eigenvalue weighted by atomic mass is 16.5. The van der Waals surface area contributed by atoms with E-state index >= 15 is 0 Å². The third kappa shape index (κ3) is 4.05. The molecule has 0 unspecified atom stereocenters. The molecule has 1 heterocycles. The number of hydrogen-bond acceptors (Lipinski definition) is 4. The Morgan fingerprint density at radius 2 is 1.81 bits per heavy atom. The molecule has 32 heavy (non-hydrogen) atoms. The van der Waals surface area contributed by atoms with E-state index in [-0.39, 0.29) is 5.69 Å². The van der Waals surface area contributed by atoms with Gasteiger partial charge in [0.25, 0.3) is 0 Å². The highest BCUT2D eigenvalue weighted by molar-refractivity contribution is 5.96. The summed E-state index contributed by atoms with van der Waals surface area (Å²) >= 11 is 0. The van der Waals surface area contributed by atoms with Crippen molar-refractivity contribution in [2.75, 3.05) is 6.61 Å². The minimum Gasteiger partial charge on any atom is -0.494 e. The standard InChI is InChI=1S/C25H24N4O3/c1-3-32-22-15-18(14-20(23(26)30)19(22)13-17-10-5-4-6-11-17)24-27-28-25(31)29(24)21-12-8-7-9-16(21)2/h4-12,14-15H,3,13H2,1-2H3,(H2,26,30)(H,28,31). The zero-order valence-electron chi connectivity index (χ0n) is 18.0. The fourth-order valence-electron chi connectivity index (χ4n) is 3.79. The summed E-state index contributed by atoms with van der Waals surface area (Å²) in [6.07, 6.45) is 0.486. The molecular weight excluding hydrogens is 404 g/mol. The SMILES string of the molecule is CCOc1cc(-c2n[nH]c(=O)n2-c2ccccc2C)cc(C(N)=O)c1Cc1ccccc1. The van der Waals surface area contributed by atoms with E-state index in [0.29, 0.717) is 47.0 Å². The number of carbonyl (C=O) groups is 1. The fourth-order valence-corrected chi connectivity index (χ4v) is 3.79. The molecule has 0 spiro atoms. The van der Waals surface area contributed by atoms with Crippen molar-refractivity contribution >= 4 is 5.91 Å². The Morgan fingerprint density at radius 3 is 2.50 bits per heavy atom. The lowest BCUT2D eigenvalue weighted by Crippen LogP contribution is -2.18. The predicted octanol–water partition coefficient (Wildman–Crippen LogP) is 3.62. The summed E-state index contributed by atoms with van der Waals surface area (Å²) < 4.78 is 7.39. The van der Waals surface area contributed by atoms with Gasteiger partial charge in [0.1, 0.15) is 5.75 Å². The summed E-state index contributed by atoms with van der Waals surface area (Å²) in [5.41, 5.74) is 9.63. The van der Waals surface area contributed by atoms with E-state index in [9.17, 15) is 9.59 Å².